The fourth-order valence-electron chi connectivity index (χ4n) is 3.96. The van der Waals surface area contributed by atoms with Crippen LogP contribution >= 0.6 is 30.4 Å². The zero-order chi connectivity index (χ0) is 25.3. The van der Waals surface area contributed by atoms with E-state index in [0.29, 0.717) is 12.2 Å². The van der Waals surface area contributed by atoms with E-state index in [1.54, 1.807) is 36.0 Å². The molecule has 2 rings (SSSR count). The number of fused-ring (bicyclic) bond motifs is 1. The first-order valence-electron chi connectivity index (χ1n) is 13.1. The van der Waals surface area contributed by atoms with Crippen LogP contribution in [-0.4, -0.2) is 54.1 Å². The van der Waals surface area contributed by atoms with E-state index in [4.69, 9.17) is 4.55 Å². The molecule has 0 saturated carbocycles. The monoisotopic (exact) mass is 572 g/mol. The molecule has 0 fully saturated rings. The average Bonchev–Trinajstić information content (AvgIpc) is 3.24. The molecule has 0 aliphatic heterocycles. The van der Waals surface area contributed by atoms with Crippen LogP contribution in [-0.2, 0) is 10.1 Å². The van der Waals surface area contributed by atoms with Crippen LogP contribution in [0.1, 0.15) is 86.9 Å². The number of benzene rings is 1. The van der Waals surface area contributed by atoms with Crippen LogP contribution in [0.4, 0.5) is 0 Å². The Kier molecular flexibility index (Phi) is 21.2. The fourth-order valence-corrected chi connectivity index (χ4v) is 12.0. The smallest absolute Gasteiger partial charge is 1.00 e. The zero-order valence-electron chi connectivity index (χ0n) is 23.8. The molecule has 0 aliphatic rings. The van der Waals surface area contributed by atoms with E-state index in [9.17, 15) is 8.42 Å². The Labute approximate surface area is 248 Å². The van der Waals surface area contributed by atoms with Crippen molar-refractivity contribution in [1.82, 2.24) is 4.98 Å². The third kappa shape index (κ3) is 16.4. The molecule has 0 unspecified atom stereocenters. The molecule has 2 aromatic rings. The van der Waals surface area contributed by atoms with Gasteiger partial charge < -0.3 is 1.43 Å². The zero-order valence-corrected chi connectivity index (χ0v) is 28.1. The van der Waals surface area contributed by atoms with Gasteiger partial charge in [-0.25, -0.2) is 4.98 Å². The Balaban J connectivity index is 0. The number of unbranched alkanes of at least 4 members (excludes halogenated alkanes) is 4. The molecule has 198 valence electrons. The molecular formula is C26H48NNaO3PS3+. The maximum absolute atomic E-state index is 10.5. The van der Waals surface area contributed by atoms with Gasteiger partial charge in [0.2, 0.25) is 0 Å². The van der Waals surface area contributed by atoms with Gasteiger partial charge in [-0.05, 0) is 44.2 Å². The molecule has 0 amide bonds. The molecule has 0 saturated heterocycles. The van der Waals surface area contributed by atoms with Gasteiger partial charge in [0.1, 0.15) is 0 Å². The maximum Gasteiger partial charge on any atom is 1.00 e. The second kappa shape index (κ2) is 20.7. The molecule has 1 heterocycles. The molecular weight excluding hydrogens is 524 g/mol. The van der Waals surface area contributed by atoms with Gasteiger partial charge in [-0.3, -0.25) is 4.55 Å². The van der Waals surface area contributed by atoms with Crippen molar-refractivity contribution >= 4 is 50.7 Å². The van der Waals surface area contributed by atoms with Gasteiger partial charge in [-0.15, -0.1) is 11.3 Å². The summed E-state index contributed by atoms with van der Waals surface area (Å²) in [6.45, 7) is 9.42. The topological polar surface area (TPSA) is 67.3 Å². The number of nitrogens with zero attached hydrogens (tertiary/aromatic N) is 1. The van der Waals surface area contributed by atoms with Crippen LogP contribution in [0.15, 0.2) is 28.6 Å². The Hall–Kier alpha value is 0.800. The number of aromatic nitrogens is 1. The first kappa shape index (κ1) is 35.8. The summed E-state index contributed by atoms with van der Waals surface area (Å²) in [7, 11) is -4.40. The van der Waals surface area contributed by atoms with Crippen molar-refractivity contribution in [2.24, 2.45) is 0 Å². The first-order valence-corrected chi connectivity index (χ1v) is 19.0. The average molecular weight is 573 g/mol. The van der Waals surface area contributed by atoms with Gasteiger partial charge in [0.25, 0.3) is 10.1 Å². The number of thioether (sulfide) groups is 1. The van der Waals surface area contributed by atoms with Crippen LogP contribution in [0.3, 0.4) is 0 Å². The third-order valence-electron chi connectivity index (χ3n) is 5.99. The quantitative estimate of drug-likeness (QED) is 0.0830. The number of rotatable bonds is 17. The fraction of sp³-hybridized carbons (Fsp3) is 0.731. The van der Waals surface area contributed by atoms with Gasteiger partial charge in [-0.2, -0.15) is 8.42 Å². The minimum absolute atomic E-state index is 0. The molecule has 0 atom stereocenters. The SMILES string of the molecule is CCCC[P+](CCCC)(CCCC)CCCC.O=S(=O)(O)CCCSc1nc2ccccc2s1.[H-].[Na+]. The minimum Gasteiger partial charge on any atom is -1.00 e. The first-order chi connectivity index (χ1) is 16.3. The minimum atomic E-state index is -3.83. The molecule has 0 radical (unpaired) electrons. The van der Waals surface area contributed by atoms with Gasteiger partial charge in [0.15, 0.2) is 4.34 Å². The van der Waals surface area contributed by atoms with E-state index < -0.39 is 17.4 Å². The van der Waals surface area contributed by atoms with Crippen molar-refractivity contribution in [3.05, 3.63) is 24.3 Å². The van der Waals surface area contributed by atoms with Crippen LogP contribution in [0.5, 0.6) is 0 Å². The van der Waals surface area contributed by atoms with Gasteiger partial charge in [0, 0.05) is 13.0 Å². The number of thiazole rings is 1. The number of para-hydroxylation sites is 1. The van der Waals surface area contributed by atoms with E-state index in [1.165, 1.54) is 63.1 Å². The molecule has 0 bridgehead atoms. The van der Waals surface area contributed by atoms with Crippen LogP contribution in [0.2, 0.25) is 0 Å². The summed E-state index contributed by atoms with van der Waals surface area (Å²) in [5.41, 5.74) is 0.967. The van der Waals surface area contributed by atoms with Crippen molar-refractivity contribution in [3.63, 3.8) is 0 Å². The van der Waals surface area contributed by atoms with Gasteiger partial charge in [0.05, 0.1) is 40.6 Å². The van der Waals surface area contributed by atoms with Crippen molar-refractivity contribution < 1.29 is 44.0 Å². The molecule has 1 N–H and O–H groups in total. The van der Waals surface area contributed by atoms with E-state index in [-0.39, 0.29) is 36.7 Å². The molecule has 1 aromatic heterocycles. The van der Waals surface area contributed by atoms with Crippen LogP contribution in [0, 0.1) is 0 Å². The van der Waals surface area contributed by atoms with Crippen LogP contribution < -0.4 is 29.6 Å². The van der Waals surface area contributed by atoms with E-state index in [1.807, 2.05) is 24.3 Å². The number of hydrogen-bond donors (Lipinski definition) is 1. The Morgan fingerprint density at radius 3 is 1.80 bits per heavy atom. The largest absolute Gasteiger partial charge is 1.00 e. The van der Waals surface area contributed by atoms with Crippen molar-refractivity contribution in [3.8, 4) is 0 Å². The number of hydrogen-bond acceptors (Lipinski definition) is 5. The molecule has 0 aliphatic carbocycles. The molecule has 1 aromatic carbocycles. The Bertz CT molecular complexity index is 829. The normalized spacial score (nSPS) is 11.7. The summed E-state index contributed by atoms with van der Waals surface area (Å²) in [5.74, 6) is 0.449. The summed E-state index contributed by atoms with van der Waals surface area (Å²) in [6.07, 6.45) is 18.4. The second-order valence-electron chi connectivity index (χ2n) is 9.09. The third-order valence-corrected chi connectivity index (χ3v) is 14.1. The summed E-state index contributed by atoms with van der Waals surface area (Å²) in [4.78, 5) is 4.42. The molecule has 4 nitrogen and oxygen atoms in total. The van der Waals surface area contributed by atoms with E-state index >= 15 is 0 Å². The van der Waals surface area contributed by atoms with Gasteiger partial charge >= 0.3 is 29.6 Å². The summed E-state index contributed by atoms with van der Waals surface area (Å²) < 4.78 is 31.7. The Morgan fingerprint density at radius 2 is 1.37 bits per heavy atom. The Morgan fingerprint density at radius 1 is 0.886 bits per heavy atom. The standard InChI is InChI=1S/C16H36P.C10H11NO3S3.Na.H/c1-5-9-13-17(14-10-6-2,15-11-7-3)16-12-8-4;12-17(13,14)7-3-6-15-10-11-8-4-1-2-5-9(8)16-10;;/h5-16H2,1-4H3;1-2,4-5H,3,6-7H2,(H,12,13,14);;/q+1;;+1;-1. The summed E-state index contributed by atoms with van der Waals surface area (Å²) >= 11 is 3.11. The molecule has 0 spiro atoms. The maximum atomic E-state index is 10.5. The predicted molar refractivity (Wildman–Crippen MR) is 159 cm³/mol. The van der Waals surface area contributed by atoms with Crippen molar-refractivity contribution in [2.75, 3.05) is 36.2 Å². The van der Waals surface area contributed by atoms with Crippen molar-refractivity contribution in [1.29, 1.82) is 0 Å². The van der Waals surface area contributed by atoms with Gasteiger partial charge in [-0.1, -0.05) is 77.3 Å². The van der Waals surface area contributed by atoms with E-state index in [0.717, 1.165) is 14.6 Å². The van der Waals surface area contributed by atoms with Crippen molar-refractivity contribution in [2.45, 2.75) is 89.8 Å². The summed E-state index contributed by atoms with van der Waals surface area (Å²) in [5, 5.41) is 0. The summed E-state index contributed by atoms with van der Waals surface area (Å²) in [6, 6.07) is 7.87. The molecule has 9 heteroatoms. The van der Waals surface area contributed by atoms with Crippen LogP contribution in [0.25, 0.3) is 10.2 Å². The van der Waals surface area contributed by atoms with E-state index in [2.05, 4.69) is 32.7 Å². The second-order valence-corrected chi connectivity index (χ2v) is 17.5. The predicted octanol–water partition coefficient (Wildman–Crippen LogP) is 5.99. The molecule has 35 heavy (non-hydrogen) atoms.